The normalized spacial score (nSPS) is 14.8. The second-order valence-corrected chi connectivity index (χ2v) is 6.54. The van der Waals surface area contributed by atoms with Gasteiger partial charge in [-0.1, -0.05) is 6.07 Å². The highest BCUT2D eigenvalue weighted by Crippen LogP contribution is 2.17. The van der Waals surface area contributed by atoms with Gasteiger partial charge >= 0.3 is 0 Å². The van der Waals surface area contributed by atoms with Crippen LogP contribution in [0.2, 0.25) is 0 Å². The number of furan rings is 1. The summed E-state index contributed by atoms with van der Waals surface area (Å²) in [5, 5.41) is 0. The third-order valence-electron chi connectivity index (χ3n) is 4.73. The van der Waals surface area contributed by atoms with E-state index >= 15 is 0 Å². The van der Waals surface area contributed by atoms with E-state index in [1.54, 1.807) is 21.9 Å². The molecule has 2 amide bonds. The van der Waals surface area contributed by atoms with Gasteiger partial charge in [0.1, 0.15) is 11.3 Å². The van der Waals surface area contributed by atoms with E-state index in [0.717, 1.165) is 16.9 Å². The molecule has 0 radical (unpaired) electrons. The fourth-order valence-electron chi connectivity index (χ4n) is 3.34. The van der Waals surface area contributed by atoms with Crippen LogP contribution in [0, 0.1) is 13.8 Å². The number of pyridine rings is 1. The summed E-state index contributed by atoms with van der Waals surface area (Å²) in [6.07, 6.45) is 3.42. The average molecular weight is 352 g/mol. The Bertz CT molecular complexity index is 966. The number of imidazole rings is 1. The van der Waals surface area contributed by atoms with Gasteiger partial charge < -0.3 is 14.2 Å². The topological polar surface area (TPSA) is 71.1 Å². The van der Waals surface area contributed by atoms with Crippen molar-refractivity contribution in [3.05, 3.63) is 59.4 Å². The molecule has 1 saturated heterocycles. The molecule has 4 heterocycles. The van der Waals surface area contributed by atoms with Crippen LogP contribution in [0.3, 0.4) is 0 Å². The van der Waals surface area contributed by atoms with E-state index in [0.29, 0.717) is 37.6 Å². The number of hydrogen-bond acceptors (Lipinski definition) is 4. The second-order valence-electron chi connectivity index (χ2n) is 6.54. The van der Waals surface area contributed by atoms with E-state index < -0.39 is 0 Å². The van der Waals surface area contributed by atoms with Gasteiger partial charge in [-0.2, -0.15) is 0 Å². The Kier molecular flexibility index (Phi) is 3.99. The molecule has 1 fully saturated rings. The van der Waals surface area contributed by atoms with Gasteiger partial charge in [-0.3, -0.25) is 14.0 Å². The number of hydrogen-bond donors (Lipinski definition) is 0. The molecule has 0 N–H and O–H groups in total. The zero-order chi connectivity index (χ0) is 18.3. The molecule has 7 nitrogen and oxygen atoms in total. The molecule has 3 aromatic heterocycles. The summed E-state index contributed by atoms with van der Waals surface area (Å²) in [6.45, 7) is 5.79. The Morgan fingerprint density at radius 1 is 1.00 bits per heavy atom. The van der Waals surface area contributed by atoms with Crippen molar-refractivity contribution >= 4 is 17.5 Å². The zero-order valence-electron chi connectivity index (χ0n) is 14.8. The summed E-state index contributed by atoms with van der Waals surface area (Å²) in [7, 11) is 0. The molecule has 4 rings (SSSR count). The molecule has 134 valence electrons. The van der Waals surface area contributed by atoms with E-state index in [-0.39, 0.29) is 11.8 Å². The smallest absolute Gasteiger partial charge is 0.289 e. The Balaban J connectivity index is 1.51. The number of aromatic nitrogens is 2. The predicted octanol–water partition coefficient (Wildman–Crippen LogP) is 2.14. The number of rotatable bonds is 2. The lowest BCUT2D eigenvalue weighted by Gasteiger charge is -2.34. The van der Waals surface area contributed by atoms with E-state index in [1.165, 1.54) is 6.26 Å². The molecule has 0 unspecified atom stereocenters. The van der Waals surface area contributed by atoms with Gasteiger partial charge in [0.2, 0.25) is 0 Å². The van der Waals surface area contributed by atoms with Gasteiger partial charge in [-0.25, -0.2) is 4.98 Å². The Morgan fingerprint density at radius 2 is 1.69 bits per heavy atom. The Hall–Kier alpha value is -3.09. The second kappa shape index (κ2) is 6.33. The van der Waals surface area contributed by atoms with Crippen molar-refractivity contribution in [3.63, 3.8) is 0 Å². The maximum absolute atomic E-state index is 13.1. The number of fused-ring (bicyclic) bond motifs is 1. The summed E-state index contributed by atoms with van der Waals surface area (Å²) in [6, 6.07) is 7.25. The minimum Gasteiger partial charge on any atom is -0.459 e. The largest absolute Gasteiger partial charge is 0.459 e. The highest BCUT2D eigenvalue weighted by Gasteiger charge is 2.29. The van der Waals surface area contributed by atoms with Crippen LogP contribution in [-0.2, 0) is 0 Å². The van der Waals surface area contributed by atoms with Gasteiger partial charge in [0, 0.05) is 32.4 Å². The lowest BCUT2D eigenvalue weighted by Crippen LogP contribution is -2.50. The molecule has 7 heteroatoms. The fourth-order valence-corrected chi connectivity index (χ4v) is 3.34. The van der Waals surface area contributed by atoms with E-state index in [1.807, 2.05) is 36.6 Å². The van der Waals surface area contributed by atoms with Crippen LogP contribution in [0.15, 0.2) is 41.1 Å². The van der Waals surface area contributed by atoms with Crippen LogP contribution < -0.4 is 0 Å². The van der Waals surface area contributed by atoms with Crippen molar-refractivity contribution in [2.45, 2.75) is 13.8 Å². The molecule has 1 aliphatic rings. The predicted molar refractivity (Wildman–Crippen MR) is 95.2 cm³/mol. The van der Waals surface area contributed by atoms with Crippen molar-refractivity contribution in [3.8, 4) is 0 Å². The lowest BCUT2D eigenvalue weighted by atomic mass is 10.2. The van der Waals surface area contributed by atoms with Crippen LogP contribution in [0.4, 0.5) is 0 Å². The highest BCUT2D eigenvalue weighted by molar-refractivity contribution is 5.95. The molecule has 3 aromatic rings. The molecule has 26 heavy (non-hydrogen) atoms. The summed E-state index contributed by atoms with van der Waals surface area (Å²) in [5.41, 5.74) is 3.14. The van der Waals surface area contributed by atoms with Crippen molar-refractivity contribution in [2.75, 3.05) is 26.2 Å². The standard InChI is InChI=1S/C19H20N4O3/c1-13-5-6-16-20-14(2)17(23(16)12-13)19(25)22-9-7-21(8-10-22)18(24)15-4-3-11-26-15/h3-6,11-12H,7-10H2,1-2H3. The minimum atomic E-state index is -0.135. The Labute approximate surface area is 150 Å². The minimum absolute atomic E-state index is 0.0503. The van der Waals surface area contributed by atoms with Crippen LogP contribution in [0.1, 0.15) is 32.3 Å². The summed E-state index contributed by atoms with van der Waals surface area (Å²) in [5.74, 6) is 0.146. The summed E-state index contributed by atoms with van der Waals surface area (Å²) < 4.78 is 7.03. The van der Waals surface area contributed by atoms with Crippen molar-refractivity contribution in [2.24, 2.45) is 0 Å². The first-order valence-electron chi connectivity index (χ1n) is 8.62. The third-order valence-corrected chi connectivity index (χ3v) is 4.73. The SMILES string of the molecule is Cc1ccc2nc(C)c(C(=O)N3CCN(C(=O)c4ccco4)CC3)n2c1. The molecular formula is C19H20N4O3. The lowest BCUT2D eigenvalue weighted by molar-refractivity contribution is 0.0514. The van der Waals surface area contributed by atoms with E-state index in [4.69, 9.17) is 4.42 Å². The van der Waals surface area contributed by atoms with Gasteiger partial charge in [-0.15, -0.1) is 0 Å². The molecule has 1 aliphatic heterocycles. The van der Waals surface area contributed by atoms with Gasteiger partial charge in [0.15, 0.2) is 5.76 Å². The van der Waals surface area contributed by atoms with Gasteiger partial charge in [0.05, 0.1) is 12.0 Å². The van der Waals surface area contributed by atoms with Crippen LogP contribution in [-0.4, -0.2) is 57.2 Å². The zero-order valence-corrected chi connectivity index (χ0v) is 14.8. The quantitative estimate of drug-likeness (QED) is 0.708. The first-order chi connectivity index (χ1) is 12.5. The summed E-state index contributed by atoms with van der Waals surface area (Å²) >= 11 is 0. The van der Waals surface area contributed by atoms with Crippen molar-refractivity contribution in [1.29, 1.82) is 0 Å². The molecular weight excluding hydrogens is 332 g/mol. The van der Waals surface area contributed by atoms with E-state index in [2.05, 4.69) is 4.98 Å². The number of nitrogens with zero attached hydrogens (tertiary/aromatic N) is 4. The first kappa shape index (κ1) is 16.4. The fraction of sp³-hybridized carbons (Fsp3) is 0.316. The maximum atomic E-state index is 13.1. The number of aryl methyl sites for hydroxylation is 2. The molecule has 0 aromatic carbocycles. The van der Waals surface area contributed by atoms with Crippen LogP contribution in [0.25, 0.3) is 5.65 Å². The third kappa shape index (κ3) is 2.75. The molecule has 0 atom stereocenters. The molecule has 0 saturated carbocycles. The number of piperazine rings is 1. The molecule has 0 spiro atoms. The van der Waals surface area contributed by atoms with Crippen molar-refractivity contribution < 1.29 is 14.0 Å². The Morgan fingerprint density at radius 3 is 2.35 bits per heavy atom. The van der Waals surface area contributed by atoms with Crippen LogP contribution in [0.5, 0.6) is 0 Å². The number of carbonyl (C=O) groups is 2. The highest BCUT2D eigenvalue weighted by atomic mass is 16.3. The van der Waals surface area contributed by atoms with Crippen LogP contribution >= 0.6 is 0 Å². The van der Waals surface area contributed by atoms with Gasteiger partial charge in [0.25, 0.3) is 11.8 Å². The van der Waals surface area contributed by atoms with Crippen molar-refractivity contribution in [1.82, 2.24) is 19.2 Å². The monoisotopic (exact) mass is 352 g/mol. The summed E-state index contributed by atoms with van der Waals surface area (Å²) in [4.78, 5) is 33.4. The first-order valence-corrected chi connectivity index (χ1v) is 8.62. The van der Waals surface area contributed by atoms with E-state index in [9.17, 15) is 9.59 Å². The molecule has 0 aliphatic carbocycles. The van der Waals surface area contributed by atoms with Gasteiger partial charge in [-0.05, 0) is 37.6 Å². The number of amides is 2. The maximum Gasteiger partial charge on any atom is 0.289 e. The average Bonchev–Trinajstić information content (AvgIpc) is 3.28. The number of carbonyl (C=O) groups excluding carboxylic acids is 2. The molecule has 0 bridgehead atoms.